The molecule has 3 heteroatoms. The maximum absolute atomic E-state index is 12.7. The monoisotopic (exact) mass is 270 g/mol. The van der Waals surface area contributed by atoms with Gasteiger partial charge >= 0.3 is 0 Å². The van der Waals surface area contributed by atoms with Crippen LogP contribution in [0.3, 0.4) is 0 Å². The fourth-order valence-corrected chi connectivity index (χ4v) is 3.12. The van der Waals surface area contributed by atoms with E-state index in [9.17, 15) is 4.79 Å². The van der Waals surface area contributed by atoms with Gasteiger partial charge in [0, 0.05) is 6.04 Å². The topological polar surface area (TPSA) is 52.9 Å². The summed E-state index contributed by atoms with van der Waals surface area (Å²) in [4.78, 5) is 12.7. The zero-order valence-electron chi connectivity index (χ0n) is 12.3. The number of carbonyl (C=O) groups is 1. The van der Waals surface area contributed by atoms with Crippen LogP contribution in [0.1, 0.15) is 50.2 Å². The molecule has 1 aliphatic carbocycles. The molecule has 0 aromatic heterocycles. The number of nitrogens with one attached hydrogen (secondary N) is 1. The van der Waals surface area contributed by atoms with E-state index >= 15 is 0 Å². The highest BCUT2D eigenvalue weighted by atomic mass is 16.2. The van der Waals surface area contributed by atoms with Gasteiger partial charge in [-0.05, 0) is 32.3 Å². The van der Waals surface area contributed by atoms with Gasteiger partial charge in [-0.3, -0.25) is 4.79 Å². The number of aryl methyl sites for hydroxylation is 1. The average molecular weight is 270 g/mol. The van der Waals surface area contributed by atoms with Crippen molar-refractivity contribution < 1.29 is 4.79 Å². The summed E-state index contributed by atoms with van der Waals surface area (Å²) in [5.74, 6) is 0.0864. The van der Waals surface area contributed by atoms with Crippen LogP contribution in [0, 0.1) is 18.3 Å². The molecule has 1 fully saturated rings. The van der Waals surface area contributed by atoms with Gasteiger partial charge < -0.3 is 5.32 Å². The summed E-state index contributed by atoms with van der Waals surface area (Å²) in [6, 6.07) is 10.3. The molecule has 1 amide bonds. The predicted octanol–water partition coefficient (Wildman–Crippen LogP) is 3.23. The van der Waals surface area contributed by atoms with Crippen molar-refractivity contribution in [3.8, 4) is 6.07 Å². The molecule has 0 saturated heterocycles. The highest BCUT2D eigenvalue weighted by Gasteiger charge is 2.42. The first-order valence-corrected chi connectivity index (χ1v) is 7.33. The molecule has 1 saturated carbocycles. The van der Waals surface area contributed by atoms with Crippen LogP contribution in [-0.4, -0.2) is 11.9 Å². The molecule has 1 aliphatic rings. The van der Waals surface area contributed by atoms with Crippen molar-refractivity contribution in [2.24, 2.45) is 0 Å². The maximum atomic E-state index is 12.7. The van der Waals surface area contributed by atoms with E-state index in [1.165, 1.54) is 5.56 Å². The van der Waals surface area contributed by atoms with Crippen LogP contribution in [0.4, 0.5) is 0 Å². The number of hydrogen-bond donors (Lipinski definition) is 1. The third-order valence-electron chi connectivity index (χ3n) is 4.24. The summed E-state index contributed by atoms with van der Waals surface area (Å²) >= 11 is 0. The van der Waals surface area contributed by atoms with E-state index in [4.69, 9.17) is 5.26 Å². The van der Waals surface area contributed by atoms with Crippen LogP contribution < -0.4 is 5.32 Å². The number of benzene rings is 1. The van der Waals surface area contributed by atoms with Gasteiger partial charge in [-0.1, -0.05) is 42.7 Å². The lowest BCUT2D eigenvalue weighted by Gasteiger charge is -2.30. The maximum Gasteiger partial charge on any atom is 0.230 e. The third-order valence-corrected chi connectivity index (χ3v) is 4.24. The molecular formula is C17H22N2O. The lowest BCUT2D eigenvalue weighted by atomic mass is 9.77. The second-order valence-electron chi connectivity index (χ2n) is 5.90. The van der Waals surface area contributed by atoms with Crippen molar-refractivity contribution in [1.29, 1.82) is 5.26 Å². The van der Waals surface area contributed by atoms with Crippen molar-refractivity contribution in [3.05, 3.63) is 35.4 Å². The van der Waals surface area contributed by atoms with Gasteiger partial charge in [-0.15, -0.1) is 0 Å². The Balaban J connectivity index is 2.26. The first-order chi connectivity index (χ1) is 9.58. The third kappa shape index (κ3) is 2.85. The first kappa shape index (κ1) is 14.6. The van der Waals surface area contributed by atoms with Crippen LogP contribution in [0.15, 0.2) is 24.3 Å². The second kappa shape index (κ2) is 6.09. The largest absolute Gasteiger partial charge is 0.352 e. The fraction of sp³-hybridized carbons (Fsp3) is 0.529. The number of nitrogens with zero attached hydrogens (tertiary/aromatic N) is 1. The van der Waals surface area contributed by atoms with E-state index in [0.717, 1.165) is 31.2 Å². The van der Waals surface area contributed by atoms with Crippen molar-refractivity contribution in [2.45, 2.75) is 57.4 Å². The summed E-state index contributed by atoms with van der Waals surface area (Å²) in [5, 5.41) is 11.8. The van der Waals surface area contributed by atoms with E-state index in [-0.39, 0.29) is 11.9 Å². The molecule has 0 bridgehead atoms. The van der Waals surface area contributed by atoms with Crippen LogP contribution >= 0.6 is 0 Å². The Kier molecular flexibility index (Phi) is 4.44. The van der Waals surface area contributed by atoms with Crippen LogP contribution in [0.5, 0.6) is 0 Å². The van der Waals surface area contributed by atoms with Crippen LogP contribution in [0.2, 0.25) is 0 Å². The van der Waals surface area contributed by atoms with Gasteiger partial charge in [0.2, 0.25) is 5.91 Å². The highest BCUT2D eigenvalue weighted by molar-refractivity contribution is 5.88. The Bertz CT molecular complexity index is 524. The van der Waals surface area contributed by atoms with Crippen molar-refractivity contribution in [1.82, 2.24) is 5.32 Å². The first-order valence-electron chi connectivity index (χ1n) is 7.33. The van der Waals surface area contributed by atoms with Gasteiger partial charge in [0.1, 0.15) is 0 Å². The normalized spacial score (nSPS) is 18.2. The average Bonchev–Trinajstić information content (AvgIpc) is 2.89. The number of nitriles is 1. The Morgan fingerprint density at radius 3 is 2.75 bits per heavy atom. The Hall–Kier alpha value is -1.82. The van der Waals surface area contributed by atoms with Crippen molar-refractivity contribution in [3.63, 3.8) is 0 Å². The zero-order chi connectivity index (χ0) is 14.6. The van der Waals surface area contributed by atoms with Gasteiger partial charge in [-0.2, -0.15) is 5.26 Å². The summed E-state index contributed by atoms with van der Waals surface area (Å²) in [5.41, 5.74) is 1.92. The summed E-state index contributed by atoms with van der Waals surface area (Å²) in [6.45, 7) is 3.95. The van der Waals surface area contributed by atoms with Crippen molar-refractivity contribution >= 4 is 5.91 Å². The van der Waals surface area contributed by atoms with Gasteiger partial charge in [0.15, 0.2) is 0 Å². The van der Waals surface area contributed by atoms with Crippen LogP contribution in [0.25, 0.3) is 0 Å². The molecule has 0 heterocycles. The van der Waals surface area contributed by atoms with Crippen LogP contribution in [-0.2, 0) is 10.2 Å². The minimum Gasteiger partial charge on any atom is -0.352 e. The summed E-state index contributed by atoms with van der Waals surface area (Å²) in [6.07, 6.45) is 4.35. The quantitative estimate of drug-likeness (QED) is 0.913. The lowest BCUT2D eigenvalue weighted by molar-refractivity contribution is -0.127. The molecule has 1 aromatic carbocycles. The molecule has 2 rings (SSSR count). The molecular weight excluding hydrogens is 248 g/mol. The molecule has 0 unspecified atom stereocenters. The lowest BCUT2D eigenvalue weighted by Crippen LogP contribution is -2.46. The minimum absolute atomic E-state index is 0.0864. The standard InChI is InChI=1S/C17H22N2O/c1-13-6-5-7-15(12-13)17(9-3-4-10-17)16(20)19-14(2)8-11-18/h5-7,12,14H,3-4,8-10H2,1-2H3,(H,19,20)/t14-/m1/s1. The fourth-order valence-electron chi connectivity index (χ4n) is 3.12. The smallest absolute Gasteiger partial charge is 0.230 e. The molecule has 1 aromatic rings. The van der Waals surface area contributed by atoms with E-state index < -0.39 is 5.41 Å². The molecule has 0 radical (unpaired) electrons. The second-order valence-corrected chi connectivity index (χ2v) is 5.90. The SMILES string of the molecule is Cc1cccc(C2(C(=O)N[C@H](C)CC#N)CCCC2)c1. The van der Waals surface area contributed by atoms with Gasteiger partial charge in [-0.25, -0.2) is 0 Å². The van der Waals surface area contributed by atoms with E-state index in [1.807, 2.05) is 13.0 Å². The number of hydrogen-bond acceptors (Lipinski definition) is 2. The van der Waals surface area contributed by atoms with E-state index in [0.29, 0.717) is 6.42 Å². The molecule has 3 nitrogen and oxygen atoms in total. The molecule has 1 atom stereocenters. The Labute approximate surface area is 121 Å². The summed E-state index contributed by atoms with van der Waals surface area (Å²) < 4.78 is 0. The minimum atomic E-state index is -0.393. The van der Waals surface area contributed by atoms with E-state index in [2.05, 4.69) is 36.5 Å². The molecule has 106 valence electrons. The Morgan fingerprint density at radius 1 is 1.45 bits per heavy atom. The number of rotatable bonds is 4. The highest BCUT2D eigenvalue weighted by Crippen LogP contribution is 2.41. The molecule has 1 N–H and O–H groups in total. The number of amides is 1. The Morgan fingerprint density at radius 2 is 2.15 bits per heavy atom. The van der Waals surface area contributed by atoms with Gasteiger partial charge in [0.05, 0.1) is 17.9 Å². The predicted molar refractivity (Wildman–Crippen MR) is 79.2 cm³/mol. The number of carbonyl (C=O) groups excluding carboxylic acids is 1. The molecule has 0 aliphatic heterocycles. The molecule has 0 spiro atoms. The van der Waals surface area contributed by atoms with E-state index in [1.54, 1.807) is 0 Å². The van der Waals surface area contributed by atoms with Crippen molar-refractivity contribution in [2.75, 3.05) is 0 Å². The zero-order valence-corrected chi connectivity index (χ0v) is 12.3. The summed E-state index contributed by atoms with van der Waals surface area (Å²) in [7, 11) is 0. The van der Waals surface area contributed by atoms with Gasteiger partial charge in [0.25, 0.3) is 0 Å². The molecule has 20 heavy (non-hydrogen) atoms.